The molecule has 1 fully saturated rings. The molecule has 1 aliphatic rings. The molecule has 1 amide bonds. The van der Waals surface area contributed by atoms with E-state index in [2.05, 4.69) is 4.98 Å². The van der Waals surface area contributed by atoms with Crippen LogP contribution >= 0.6 is 34.5 Å². The Morgan fingerprint density at radius 3 is 2.67 bits per heavy atom. The van der Waals surface area contributed by atoms with Crippen LogP contribution in [0.15, 0.2) is 23.6 Å². The van der Waals surface area contributed by atoms with Gasteiger partial charge in [-0.3, -0.25) is 4.79 Å². The van der Waals surface area contributed by atoms with Gasteiger partial charge in [-0.25, -0.2) is 4.98 Å². The summed E-state index contributed by atoms with van der Waals surface area (Å²) < 4.78 is 0. The first-order valence-corrected chi connectivity index (χ1v) is 9.18. The topological polar surface area (TPSA) is 79.5 Å². The molecule has 2 aromatic rings. The van der Waals surface area contributed by atoms with Crippen LogP contribution in [0.4, 0.5) is 0 Å². The molecule has 1 aliphatic heterocycles. The second kappa shape index (κ2) is 6.98. The number of benzene rings is 1. The minimum atomic E-state index is -0.857. The third-order valence-corrected chi connectivity index (χ3v) is 5.88. The van der Waals surface area contributed by atoms with Crippen molar-refractivity contribution in [1.82, 2.24) is 9.88 Å². The van der Waals surface area contributed by atoms with E-state index >= 15 is 0 Å². The van der Waals surface area contributed by atoms with Crippen molar-refractivity contribution in [2.45, 2.75) is 18.4 Å². The Labute approximate surface area is 154 Å². The Bertz CT molecular complexity index is 758. The number of piperidine rings is 1. The van der Waals surface area contributed by atoms with Crippen LogP contribution in [0.5, 0.6) is 0 Å². The van der Waals surface area contributed by atoms with Gasteiger partial charge >= 0.3 is 0 Å². The molecule has 8 heteroatoms. The lowest BCUT2D eigenvalue weighted by molar-refractivity contribution is -0.00964. The molecule has 24 heavy (non-hydrogen) atoms. The number of halogens is 2. The molecule has 0 aliphatic carbocycles. The van der Waals surface area contributed by atoms with E-state index in [1.807, 2.05) is 6.07 Å². The molecule has 0 spiro atoms. The molecular weight excluding hydrogens is 369 g/mol. The molecular formula is C16H17Cl2N3O2S. The van der Waals surface area contributed by atoms with Gasteiger partial charge in [-0.15, -0.1) is 11.3 Å². The number of aromatic nitrogens is 1. The van der Waals surface area contributed by atoms with Crippen molar-refractivity contribution in [2.75, 3.05) is 19.6 Å². The van der Waals surface area contributed by atoms with Crippen molar-refractivity contribution in [1.29, 1.82) is 0 Å². The maximum absolute atomic E-state index is 12.6. The number of carbonyl (C=O) groups excluding carboxylic acids is 1. The van der Waals surface area contributed by atoms with Crippen molar-refractivity contribution < 1.29 is 9.90 Å². The van der Waals surface area contributed by atoms with Gasteiger partial charge in [-0.05, 0) is 25.0 Å². The predicted molar refractivity (Wildman–Crippen MR) is 96.7 cm³/mol. The summed E-state index contributed by atoms with van der Waals surface area (Å²) in [4.78, 5) is 18.7. The van der Waals surface area contributed by atoms with Gasteiger partial charge in [0.15, 0.2) is 0 Å². The van der Waals surface area contributed by atoms with Crippen molar-refractivity contribution in [3.05, 3.63) is 39.3 Å². The fourth-order valence-corrected chi connectivity index (χ4v) is 3.71. The summed E-state index contributed by atoms with van der Waals surface area (Å²) in [5.74, 6) is -0.128. The highest BCUT2D eigenvalue weighted by molar-refractivity contribution is 7.13. The van der Waals surface area contributed by atoms with Crippen LogP contribution in [0.25, 0.3) is 10.6 Å². The van der Waals surface area contributed by atoms with E-state index in [0.717, 1.165) is 5.56 Å². The standard InChI is InChI=1S/C16H17Cl2N3O2S/c17-11-2-1-10(7-12(11)18)14-20-13(8-24-14)15(22)21-5-3-16(23,9-19)4-6-21/h1-2,7-8,23H,3-6,9,19H2. The Balaban J connectivity index is 1.73. The minimum absolute atomic E-state index is 0.128. The van der Waals surface area contributed by atoms with Gasteiger partial charge < -0.3 is 15.7 Å². The van der Waals surface area contributed by atoms with Crippen LogP contribution in [-0.4, -0.2) is 46.1 Å². The molecule has 128 valence electrons. The summed E-state index contributed by atoms with van der Waals surface area (Å²) in [5.41, 5.74) is 5.95. The zero-order chi connectivity index (χ0) is 17.3. The van der Waals surface area contributed by atoms with Gasteiger partial charge in [0, 0.05) is 30.6 Å². The Morgan fingerprint density at radius 1 is 1.33 bits per heavy atom. The molecule has 0 bridgehead atoms. The SMILES string of the molecule is NCC1(O)CCN(C(=O)c2csc(-c3ccc(Cl)c(Cl)c3)n2)CC1. The lowest BCUT2D eigenvalue weighted by Gasteiger charge is -2.37. The number of nitrogens with two attached hydrogens (primary N) is 1. The third kappa shape index (κ3) is 3.58. The summed E-state index contributed by atoms with van der Waals surface area (Å²) in [6, 6.07) is 5.27. The van der Waals surface area contributed by atoms with Gasteiger partial charge in [0.2, 0.25) is 0 Å². The number of hydrogen-bond donors (Lipinski definition) is 2. The number of aliphatic hydroxyl groups is 1. The van der Waals surface area contributed by atoms with E-state index in [9.17, 15) is 9.90 Å². The number of amides is 1. The van der Waals surface area contributed by atoms with Crippen molar-refractivity contribution in [2.24, 2.45) is 5.73 Å². The number of carbonyl (C=O) groups is 1. The zero-order valence-corrected chi connectivity index (χ0v) is 15.2. The molecule has 2 heterocycles. The van der Waals surface area contributed by atoms with Crippen LogP contribution in [0, 0.1) is 0 Å². The molecule has 3 N–H and O–H groups in total. The van der Waals surface area contributed by atoms with E-state index < -0.39 is 5.60 Å². The van der Waals surface area contributed by atoms with Crippen LogP contribution in [-0.2, 0) is 0 Å². The first kappa shape index (κ1) is 17.6. The molecule has 1 saturated heterocycles. The summed E-state index contributed by atoms with van der Waals surface area (Å²) in [6.07, 6.45) is 0.970. The van der Waals surface area contributed by atoms with E-state index in [4.69, 9.17) is 28.9 Å². The molecule has 0 unspecified atom stereocenters. The highest BCUT2D eigenvalue weighted by Crippen LogP contribution is 2.31. The summed E-state index contributed by atoms with van der Waals surface area (Å²) >= 11 is 13.3. The molecule has 1 aromatic carbocycles. The number of likely N-dealkylation sites (tertiary alicyclic amines) is 1. The monoisotopic (exact) mass is 385 g/mol. The minimum Gasteiger partial charge on any atom is -0.388 e. The average Bonchev–Trinajstić information content (AvgIpc) is 3.07. The third-order valence-electron chi connectivity index (χ3n) is 4.25. The second-order valence-electron chi connectivity index (χ2n) is 5.89. The molecule has 0 atom stereocenters. The van der Waals surface area contributed by atoms with Gasteiger partial charge in [-0.2, -0.15) is 0 Å². The molecule has 0 saturated carbocycles. The number of thiazole rings is 1. The maximum Gasteiger partial charge on any atom is 0.273 e. The highest BCUT2D eigenvalue weighted by atomic mass is 35.5. The molecule has 5 nitrogen and oxygen atoms in total. The van der Waals surface area contributed by atoms with E-state index in [1.54, 1.807) is 22.4 Å². The zero-order valence-electron chi connectivity index (χ0n) is 12.8. The van der Waals surface area contributed by atoms with Crippen LogP contribution in [0.3, 0.4) is 0 Å². The van der Waals surface area contributed by atoms with Crippen LogP contribution < -0.4 is 5.73 Å². The summed E-state index contributed by atoms with van der Waals surface area (Å²) in [7, 11) is 0. The Kier molecular flexibility index (Phi) is 5.13. The number of rotatable bonds is 3. The Morgan fingerprint density at radius 2 is 2.04 bits per heavy atom. The van der Waals surface area contributed by atoms with E-state index in [-0.39, 0.29) is 12.5 Å². The van der Waals surface area contributed by atoms with Gasteiger partial charge in [0.25, 0.3) is 5.91 Å². The largest absolute Gasteiger partial charge is 0.388 e. The lowest BCUT2D eigenvalue weighted by atomic mass is 9.91. The fourth-order valence-electron chi connectivity index (χ4n) is 2.63. The average molecular weight is 386 g/mol. The molecule has 1 aromatic heterocycles. The first-order valence-electron chi connectivity index (χ1n) is 7.54. The second-order valence-corrected chi connectivity index (χ2v) is 7.56. The summed E-state index contributed by atoms with van der Waals surface area (Å²) in [5, 5.41) is 13.5. The number of hydrogen-bond acceptors (Lipinski definition) is 5. The quantitative estimate of drug-likeness (QED) is 0.850. The predicted octanol–water partition coefficient (Wildman–Crippen LogP) is 3.04. The van der Waals surface area contributed by atoms with Gasteiger partial charge in [-0.1, -0.05) is 29.3 Å². The smallest absolute Gasteiger partial charge is 0.273 e. The van der Waals surface area contributed by atoms with Gasteiger partial charge in [0.1, 0.15) is 10.7 Å². The van der Waals surface area contributed by atoms with Crippen LogP contribution in [0.2, 0.25) is 10.0 Å². The Hall–Kier alpha value is -1.18. The van der Waals surface area contributed by atoms with E-state index in [1.165, 1.54) is 11.3 Å². The van der Waals surface area contributed by atoms with Crippen molar-refractivity contribution >= 4 is 40.4 Å². The summed E-state index contributed by atoms with van der Waals surface area (Å²) in [6.45, 7) is 1.17. The van der Waals surface area contributed by atoms with Crippen molar-refractivity contribution in [3.63, 3.8) is 0 Å². The van der Waals surface area contributed by atoms with Crippen LogP contribution in [0.1, 0.15) is 23.3 Å². The normalized spacial score (nSPS) is 17.1. The lowest BCUT2D eigenvalue weighted by Crippen LogP contribution is -2.50. The van der Waals surface area contributed by atoms with Gasteiger partial charge in [0.05, 0.1) is 15.6 Å². The molecule has 0 radical (unpaired) electrons. The highest BCUT2D eigenvalue weighted by Gasteiger charge is 2.33. The maximum atomic E-state index is 12.6. The molecule has 3 rings (SSSR count). The first-order chi connectivity index (χ1) is 11.4. The van der Waals surface area contributed by atoms with E-state index in [0.29, 0.717) is 46.7 Å². The fraction of sp³-hybridized carbons (Fsp3) is 0.375. The number of nitrogens with zero attached hydrogens (tertiary/aromatic N) is 2. The van der Waals surface area contributed by atoms with Crippen molar-refractivity contribution in [3.8, 4) is 10.6 Å².